The Balaban J connectivity index is 0.00000144. The summed E-state index contributed by atoms with van der Waals surface area (Å²) in [5, 5.41) is 107. The quantitative estimate of drug-likeness (QED) is 0.0145. The van der Waals surface area contributed by atoms with E-state index in [1.165, 1.54) is 0 Å². The topological polar surface area (TPSA) is 315 Å². The summed E-state index contributed by atoms with van der Waals surface area (Å²) in [6.07, 6.45) is 0. The van der Waals surface area contributed by atoms with E-state index >= 15 is 0 Å². The predicted molar refractivity (Wildman–Crippen MR) is 319 cm³/mol. The van der Waals surface area contributed by atoms with Gasteiger partial charge in [0.25, 0.3) is 0 Å². The monoisotopic (exact) mass is 1760 g/mol. The predicted octanol–water partition coefficient (Wildman–Crippen LogP) is 5.26. The van der Waals surface area contributed by atoms with E-state index in [-0.39, 0.29) is 117 Å². The molecular weight excluding hydrogens is 1710 g/mol. The molecule has 0 heterocycles. The average Bonchev–Trinajstić information content (AvgIpc) is 3.40. The average molecular weight is 1770 g/mol. The van der Waals surface area contributed by atoms with Crippen molar-refractivity contribution in [2.24, 2.45) is 0 Å². The Labute approximate surface area is 585 Å². The van der Waals surface area contributed by atoms with Crippen molar-refractivity contribution in [3.8, 4) is 34.5 Å². The Kier molecular flexibility index (Phi) is 44.7. The molecule has 28 heteroatoms. The van der Waals surface area contributed by atoms with Gasteiger partial charge in [-0.2, -0.15) is 0 Å². The number of hydrogen-bond donors (Lipinski definition) is 6. The smallest absolute Gasteiger partial charge is 0.872 e. The molecule has 0 bridgehead atoms. The van der Waals surface area contributed by atoms with Crippen molar-refractivity contribution in [2.45, 2.75) is 39.3 Å². The molecule has 82 heavy (non-hydrogen) atoms. The fourth-order valence-corrected chi connectivity index (χ4v) is 10.0. The van der Waals surface area contributed by atoms with Crippen molar-refractivity contribution in [1.29, 1.82) is 0 Å². The molecule has 19 nitrogen and oxygen atoms in total. The number of benzene rings is 6. The molecule has 0 fully saturated rings. The molecule has 0 aliphatic rings. The van der Waals surface area contributed by atoms with Gasteiger partial charge in [-0.15, -0.1) is 34.5 Å². The van der Waals surface area contributed by atoms with Gasteiger partial charge in [-0.25, -0.2) is 0 Å². The summed E-state index contributed by atoms with van der Waals surface area (Å²) < 4.78 is 5.34. The van der Waals surface area contributed by atoms with E-state index in [1.807, 2.05) is 36.4 Å². The van der Waals surface area contributed by atoms with Crippen LogP contribution in [-0.2, 0) is 78.2 Å². The van der Waals surface area contributed by atoms with Crippen LogP contribution in [0.3, 0.4) is 0 Å². The van der Waals surface area contributed by atoms with Crippen LogP contribution in [0.25, 0.3) is 0 Å². The zero-order valence-corrected chi connectivity index (χ0v) is 62.1. The maximum atomic E-state index is 12.0. The number of nitrogens with zero attached hydrogens (tertiary/aromatic N) is 3. The number of halogens is 6. The van der Waals surface area contributed by atoms with Crippen LogP contribution >= 0.6 is 95.6 Å². The summed E-state index contributed by atoms with van der Waals surface area (Å²) in [4.78, 5) is 12.9. The number of rotatable bonds is 30. The molecule has 0 spiro atoms. The summed E-state index contributed by atoms with van der Waals surface area (Å²) in [6.45, 7) is 12.1. The molecule has 0 atom stereocenters. The third kappa shape index (κ3) is 33.5. The first-order chi connectivity index (χ1) is 37.4. The van der Waals surface area contributed by atoms with Crippen LogP contribution in [0.5, 0.6) is 34.5 Å². The molecule has 6 rings (SSSR count). The van der Waals surface area contributed by atoms with Crippen LogP contribution in [-0.4, -0.2) is 98.9 Å². The molecule has 8 N–H and O–H groups in total. The summed E-state index contributed by atoms with van der Waals surface area (Å²) >= 11 is 20.5. The molecule has 0 aliphatic carbocycles. The fraction of sp³-hybridized carbons (Fsp3) is 0.333. The van der Waals surface area contributed by atoms with E-state index in [9.17, 15) is 30.6 Å². The van der Waals surface area contributed by atoms with Crippen LogP contribution in [0.15, 0.2) is 136 Å². The SMILES string of the molecule is O.O=[N+]([O-])[O-].[Dy+3].[O-]c1ccc(Br)cc1CNCCN(CCNCc1cc(Br)ccc1[O-])CCNCc1cc(Br)ccc1[O-].[O-]c1ccc(Br)cc1CNCCN(CCNCc1cc(Br)ccc1[O-])CCNCc1cc(Br)ccc1[O-].[Zn+2].[Zn+2]. The summed E-state index contributed by atoms with van der Waals surface area (Å²) in [6, 6.07) is 31.0. The van der Waals surface area contributed by atoms with Gasteiger partial charge in [-0.1, -0.05) is 132 Å². The Morgan fingerprint density at radius 1 is 0.329 bits per heavy atom. The van der Waals surface area contributed by atoms with E-state index < -0.39 is 5.09 Å². The van der Waals surface area contributed by atoms with Crippen molar-refractivity contribution in [1.82, 2.24) is 41.7 Å². The van der Waals surface area contributed by atoms with E-state index in [4.69, 9.17) is 15.3 Å². The molecule has 6 aromatic carbocycles. The summed E-state index contributed by atoms with van der Waals surface area (Å²) in [5.74, 6) is 0.147. The molecule has 0 aliphatic heterocycles. The van der Waals surface area contributed by atoms with Gasteiger partial charge in [0, 0.05) is 145 Å². The van der Waals surface area contributed by atoms with E-state index in [1.54, 1.807) is 72.8 Å². The zero-order chi connectivity index (χ0) is 56.8. The van der Waals surface area contributed by atoms with E-state index in [0.29, 0.717) is 39.3 Å². The van der Waals surface area contributed by atoms with Crippen molar-refractivity contribution < 1.29 is 118 Å². The first kappa shape index (κ1) is 80.4. The van der Waals surface area contributed by atoms with Crippen molar-refractivity contribution in [2.75, 3.05) is 78.5 Å². The molecule has 6 aromatic rings. The Bertz CT molecular complexity index is 2330. The molecule has 0 aromatic heterocycles. The molecule has 439 valence electrons. The largest absolute Gasteiger partial charge is 3.00 e. The van der Waals surface area contributed by atoms with Gasteiger partial charge >= 0.3 is 77.1 Å². The van der Waals surface area contributed by atoms with Crippen molar-refractivity contribution in [3.05, 3.63) is 185 Å². The maximum absolute atomic E-state index is 12.0. The van der Waals surface area contributed by atoms with Crippen LogP contribution in [0, 0.1) is 53.5 Å². The molecule has 0 unspecified atom stereocenters. The Hall–Kier alpha value is -1.64. The van der Waals surface area contributed by atoms with Crippen LogP contribution in [0.2, 0.25) is 0 Å². The minimum atomic E-state index is -1.75. The molecule has 1 radical (unpaired) electrons. The van der Waals surface area contributed by atoms with E-state index in [0.717, 1.165) is 139 Å². The maximum Gasteiger partial charge on any atom is 3.00 e. The third-order valence-corrected chi connectivity index (χ3v) is 14.6. The summed E-state index contributed by atoms with van der Waals surface area (Å²) in [5.41, 5.74) is 4.38. The van der Waals surface area contributed by atoms with Crippen molar-refractivity contribution in [3.63, 3.8) is 0 Å². The minimum absolute atomic E-state index is 0. The standard InChI is InChI=1S/2C27H33Br3N4O3.Dy.NO3.H2O.2Zn/c2*28-22-1-4-25(35)19(13-22)16-31-7-10-34(11-8-32-17-20-14-23(29)2-5-26(20)36)12-9-33-18-21-15-24(30)3-6-27(21)37;;2-1(3)4;;;/h2*1-6,13-15,31-33,35-37H,7-12,16-18H2;;;1H2;;/q;;+3;-1;;2*+2/p-6. The summed E-state index contributed by atoms with van der Waals surface area (Å²) in [7, 11) is 0. The van der Waals surface area contributed by atoms with Gasteiger partial charge in [0.15, 0.2) is 0 Å². The normalized spacial score (nSPS) is 10.5. The molecule has 0 saturated carbocycles. The van der Waals surface area contributed by atoms with Crippen LogP contribution in [0.1, 0.15) is 33.4 Å². The minimum Gasteiger partial charge on any atom is -0.872 e. The fourth-order valence-electron chi connectivity index (χ4n) is 7.55. The Morgan fingerprint density at radius 3 is 0.598 bits per heavy atom. The van der Waals surface area contributed by atoms with Gasteiger partial charge < -0.3 is 83.3 Å². The molecular formula is C54H62Br6DyN9O10Zn2. The second-order valence-corrected chi connectivity index (χ2v) is 23.0. The third-order valence-electron chi connectivity index (χ3n) is 11.7. The van der Waals surface area contributed by atoms with Crippen molar-refractivity contribution >= 4 is 95.6 Å². The first-order valence-electron chi connectivity index (χ1n) is 24.6. The van der Waals surface area contributed by atoms with Crippen LogP contribution in [0.4, 0.5) is 0 Å². The van der Waals surface area contributed by atoms with Gasteiger partial charge in [0.05, 0.1) is 5.09 Å². The van der Waals surface area contributed by atoms with Crippen LogP contribution < -0.4 is 62.5 Å². The second-order valence-electron chi connectivity index (χ2n) is 17.5. The van der Waals surface area contributed by atoms with Gasteiger partial charge in [0.2, 0.25) is 0 Å². The van der Waals surface area contributed by atoms with Gasteiger partial charge in [-0.05, 0) is 106 Å². The number of hydrogen-bond acceptors (Lipinski definition) is 17. The Morgan fingerprint density at radius 2 is 0.463 bits per heavy atom. The molecule has 0 saturated heterocycles. The van der Waals surface area contributed by atoms with Gasteiger partial charge in [-0.3, -0.25) is 9.80 Å². The molecule has 0 amide bonds. The second kappa shape index (κ2) is 45.6. The number of nitrogens with one attached hydrogen (secondary N) is 6. The first-order valence-corrected chi connectivity index (χ1v) is 29.4. The van der Waals surface area contributed by atoms with E-state index in [2.05, 4.69) is 137 Å². The zero-order valence-electron chi connectivity index (χ0n) is 44.6. The van der Waals surface area contributed by atoms with Gasteiger partial charge in [0.1, 0.15) is 0 Å².